The normalized spacial score (nSPS) is 12.7. The molecule has 4 aromatic rings. The van der Waals surface area contributed by atoms with E-state index in [-0.39, 0.29) is 36.2 Å². The highest BCUT2D eigenvalue weighted by Gasteiger charge is 2.38. The molecule has 0 aliphatic heterocycles. The van der Waals surface area contributed by atoms with Crippen LogP contribution < -0.4 is 14.8 Å². The van der Waals surface area contributed by atoms with E-state index < -0.39 is 41.4 Å². The smallest absolute Gasteiger partial charge is 0.406 e. The van der Waals surface area contributed by atoms with Crippen molar-refractivity contribution in [2.45, 2.75) is 37.3 Å². The minimum absolute atomic E-state index is 0.0778. The molecule has 0 bridgehead atoms. The van der Waals surface area contributed by atoms with Gasteiger partial charge < -0.3 is 14.8 Å². The van der Waals surface area contributed by atoms with E-state index in [0.29, 0.717) is 5.56 Å². The van der Waals surface area contributed by atoms with Crippen LogP contribution in [0.3, 0.4) is 0 Å². The van der Waals surface area contributed by atoms with Crippen LogP contribution in [0.2, 0.25) is 0 Å². The lowest BCUT2D eigenvalue weighted by molar-refractivity contribution is -0.275. The fraction of sp³-hybridized carbons (Fsp3) is 0.226. The molecule has 0 aromatic heterocycles. The predicted molar refractivity (Wildman–Crippen MR) is 140 cm³/mol. The minimum atomic E-state index is -5.01. The molecule has 0 fully saturated rings. The second-order valence-corrected chi connectivity index (χ2v) is 9.70. The molecule has 0 radical (unpaired) electrons. The number of halogens is 9. The van der Waals surface area contributed by atoms with Gasteiger partial charge in [-0.15, -0.1) is 26.3 Å². The number of alkyl halides is 9. The lowest BCUT2D eigenvalue weighted by Gasteiger charge is -2.36. The summed E-state index contributed by atoms with van der Waals surface area (Å²) >= 11 is 0. The molecular weight excluding hydrogens is 589 g/mol. The highest BCUT2D eigenvalue weighted by molar-refractivity contribution is 5.47. The lowest BCUT2D eigenvalue weighted by atomic mass is 9.70. The quantitative estimate of drug-likeness (QED) is 0.181. The van der Waals surface area contributed by atoms with E-state index in [0.717, 1.165) is 36.4 Å². The molecule has 3 nitrogen and oxygen atoms in total. The van der Waals surface area contributed by atoms with Crippen molar-refractivity contribution in [1.82, 2.24) is 5.32 Å². The van der Waals surface area contributed by atoms with Gasteiger partial charge in [0.2, 0.25) is 0 Å². The molecule has 0 saturated carbocycles. The molecule has 4 rings (SSSR count). The molecule has 1 N–H and O–H groups in total. The zero-order valence-electron chi connectivity index (χ0n) is 22.2. The molecule has 228 valence electrons. The van der Waals surface area contributed by atoms with Crippen LogP contribution in [0, 0.1) is 0 Å². The fourth-order valence-corrected chi connectivity index (χ4v) is 4.84. The van der Waals surface area contributed by atoms with Gasteiger partial charge >= 0.3 is 18.9 Å². The van der Waals surface area contributed by atoms with Crippen molar-refractivity contribution in [3.8, 4) is 11.5 Å². The van der Waals surface area contributed by atoms with Gasteiger partial charge in [-0.3, -0.25) is 0 Å². The number of hydrogen-bond acceptors (Lipinski definition) is 3. The Bertz CT molecular complexity index is 1440. The highest BCUT2D eigenvalue weighted by atomic mass is 19.4. The molecule has 0 amide bonds. The summed E-state index contributed by atoms with van der Waals surface area (Å²) in [5.41, 5.74) is -0.757. The average Bonchev–Trinajstić information content (AvgIpc) is 2.91. The molecule has 0 spiro atoms. The van der Waals surface area contributed by atoms with Gasteiger partial charge in [0.15, 0.2) is 0 Å². The van der Waals surface area contributed by atoms with Crippen LogP contribution in [0.1, 0.15) is 27.8 Å². The lowest BCUT2D eigenvalue weighted by Crippen LogP contribution is -2.41. The zero-order chi connectivity index (χ0) is 31.3. The Morgan fingerprint density at radius 2 is 1.00 bits per heavy atom. The summed E-state index contributed by atoms with van der Waals surface area (Å²) in [6.45, 7) is -0.193. The van der Waals surface area contributed by atoms with Crippen molar-refractivity contribution in [1.29, 1.82) is 0 Å². The maximum Gasteiger partial charge on any atom is 0.573 e. The van der Waals surface area contributed by atoms with Gasteiger partial charge in [0.05, 0.1) is 5.56 Å². The average molecular weight is 614 g/mol. The number of hydrogen-bond donors (Lipinski definition) is 1. The van der Waals surface area contributed by atoms with E-state index in [9.17, 15) is 39.5 Å². The maximum atomic E-state index is 13.3. The monoisotopic (exact) mass is 613 g/mol. The van der Waals surface area contributed by atoms with E-state index in [1.54, 1.807) is 30.3 Å². The van der Waals surface area contributed by atoms with Crippen LogP contribution in [-0.2, 0) is 24.6 Å². The Hall–Kier alpha value is -4.19. The summed E-state index contributed by atoms with van der Waals surface area (Å²) in [6, 6.07) is 23.4. The van der Waals surface area contributed by atoms with E-state index in [1.807, 2.05) is 0 Å². The molecule has 43 heavy (non-hydrogen) atoms. The van der Waals surface area contributed by atoms with Crippen molar-refractivity contribution in [3.05, 3.63) is 131 Å². The van der Waals surface area contributed by atoms with Crippen LogP contribution in [0.4, 0.5) is 39.5 Å². The minimum Gasteiger partial charge on any atom is -0.406 e. The van der Waals surface area contributed by atoms with Gasteiger partial charge in [-0.05, 0) is 59.0 Å². The van der Waals surface area contributed by atoms with E-state index in [2.05, 4.69) is 14.8 Å². The van der Waals surface area contributed by atoms with Crippen LogP contribution in [-0.4, -0.2) is 19.3 Å². The number of rotatable bonds is 10. The third-order valence-electron chi connectivity index (χ3n) is 6.60. The van der Waals surface area contributed by atoms with Gasteiger partial charge in [0.25, 0.3) is 0 Å². The summed E-state index contributed by atoms with van der Waals surface area (Å²) < 4.78 is 127. The van der Waals surface area contributed by atoms with Crippen molar-refractivity contribution < 1.29 is 49.0 Å². The predicted octanol–water partition coefficient (Wildman–Crippen LogP) is 8.82. The SMILES string of the molecule is FC(F)(F)Oc1cccc(C(CNCc2cccc(C(F)(F)F)c2)(Cc2ccccc2)c2cccc(OC(F)(F)F)c2)c1. The summed E-state index contributed by atoms with van der Waals surface area (Å²) in [6.07, 6.45) is -14.5. The molecule has 0 saturated heterocycles. The number of ether oxygens (including phenoxy) is 2. The van der Waals surface area contributed by atoms with Gasteiger partial charge in [-0.2, -0.15) is 13.2 Å². The molecule has 0 unspecified atom stereocenters. The number of benzene rings is 4. The first-order chi connectivity index (χ1) is 20.1. The fourth-order valence-electron chi connectivity index (χ4n) is 4.84. The van der Waals surface area contributed by atoms with Crippen molar-refractivity contribution >= 4 is 0 Å². The van der Waals surface area contributed by atoms with E-state index in [1.165, 1.54) is 36.4 Å². The number of nitrogens with one attached hydrogen (secondary N) is 1. The first-order valence-electron chi connectivity index (χ1n) is 12.8. The standard InChI is InChI=1S/C31H24F9NO2/c32-29(33,34)25-12-4-9-22(15-25)19-41-20-28(18-21-7-2-1-3-8-21,23-10-5-13-26(16-23)42-30(35,36)37)24-11-6-14-27(17-24)43-31(38,39)40/h1-17,41H,18-20H2. The first-order valence-corrected chi connectivity index (χ1v) is 12.8. The summed E-state index contributed by atoms with van der Waals surface area (Å²) in [5, 5.41) is 3.08. The van der Waals surface area contributed by atoms with Gasteiger partial charge in [-0.1, -0.05) is 72.8 Å². The second kappa shape index (κ2) is 12.6. The topological polar surface area (TPSA) is 30.5 Å². The first kappa shape index (κ1) is 31.7. The Labute approximate surface area is 240 Å². The summed E-state index contributed by atoms with van der Waals surface area (Å²) in [7, 11) is 0. The van der Waals surface area contributed by atoms with Crippen LogP contribution in [0.25, 0.3) is 0 Å². The van der Waals surface area contributed by atoms with Gasteiger partial charge in [0, 0.05) is 18.5 Å². The Balaban J connectivity index is 1.83. The highest BCUT2D eigenvalue weighted by Crippen LogP contribution is 2.40. The second-order valence-electron chi connectivity index (χ2n) is 9.70. The van der Waals surface area contributed by atoms with Crippen LogP contribution in [0.5, 0.6) is 11.5 Å². The largest absolute Gasteiger partial charge is 0.573 e. The van der Waals surface area contributed by atoms with Crippen molar-refractivity contribution in [2.75, 3.05) is 6.54 Å². The Morgan fingerprint density at radius 3 is 1.51 bits per heavy atom. The molecule has 0 atom stereocenters. The molecule has 0 heterocycles. The third-order valence-corrected chi connectivity index (χ3v) is 6.60. The van der Waals surface area contributed by atoms with E-state index >= 15 is 0 Å². The molecule has 12 heteroatoms. The third kappa shape index (κ3) is 8.90. The van der Waals surface area contributed by atoms with Gasteiger partial charge in [-0.25, -0.2) is 0 Å². The molecule has 0 aliphatic rings. The molecule has 0 aliphatic carbocycles. The van der Waals surface area contributed by atoms with Gasteiger partial charge in [0.1, 0.15) is 11.5 Å². The Kier molecular flexibility index (Phi) is 9.29. The maximum absolute atomic E-state index is 13.3. The summed E-state index contributed by atoms with van der Waals surface area (Å²) in [4.78, 5) is 0. The van der Waals surface area contributed by atoms with E-state index in [4.69, 9.17) is 0 Å². The molecule has 4 aromatic carbocycles. The molecular formula is C31H24F9NO2. The Morgan fingerprint density at radius 1 is 0.512 bits per heavy atom. The zero-order valence-corrected chi connectivity index (χ0v) is 22.2. The van der Waals surface area contributed by atoms with Crippen molar-refractivity contribution in [2.24, 2.45) is 0 Å². The summed E-state index contributed by atoms with van der Waals surface area (Å²) in [5.74, 6) is -1.11. The van der Waals surface area contributed by atoms with Crippen molar-refractivity contribution in [3.63, 3.8) is 0 Å². The van der Waals surface area contributed by atoms with Crippen LogP contribution in [0.15, 0.2) is 103 Å². The van der Waals surface area contributed by atoms with Crippen LogP contribution >= 0.6 is 0 Å².